The standard InChI is InChI=1S/C10H8F2N4O/c1-5-6(4-13-16-5)10(17)14-7-2-3-8(11)15-9(7)12/h2-4H,1H3,(H,13,16)(H,14,17). The Labute approximate surface area is 94.9 Å². The predicted octanol–water partition coefficient (Wildman–Crippen LogP) is 1.64. The first-order valence-electron chi connectivity index (χ1n) is 4.71. The van der Waals surface area contributed by atoms with Gasteiger partial charge in [0.05, 0.1) is 17.4 Å². The molecule has 0 unspecified atom stereocenters. The molecule has 2 N–H and O–H groups in total. The van der Waals surface area contributed by atoms with E-state index in [1.807, 2.05) is 0 Å². The van der Waals surface area contributed by atoms with Gasteiger partial charge in [0, 0.05) is 5.69 Å². The highest BCUT2D eigenvalue weighted by Gasteiger charge is 2.13. The van der Waals surface area contributed by atoms with Gasteiger partial charge in [-0.25, -0.2) is 0 Å². The van der Waals surface area contributed by atoms with Gasteiger partial charge in [-0.15, -0.1) is 0 Å². The molecule has 0 aliphatic heterocycles. The molecule has 0 saturated heterocycles. The molecule has 0 fully saturated rings. The number of pyridine rings is 1. The number of carbonyl (C=O) groups is 1. The Morgan fingerprint density at radius 1 is 1.41 bits per heavy atom. The van der Waals surface area contributed by atoms with Crippen LogP contribution in [0.4, 0.5) is 14.5 Å². The number of hydrogen-bond acceptors (Lipinski definition) is 3. The Hall–Kier alpha value is -2.31. The topological polar surface area (TPSA) is 70.7 Å². The van der Waals surface area contributed by atoms with E-state index in [1.165, 1.54) is 6.20 Å². The molecule has 0 bridgehead atoms. The smallest absolute Gasteiger partial charge is 0.259 e. The molecule has 0 aromatic carbocycles. The van der Waals surface area contributed by atoms with Crippen LogP contribution in [0.15, 0.2) is 18.3 Å². The number of aryl methyl sites for hydroxylation is 1. The fraction of sp³-hybridized carbons (Fsp3) is 0.100. The highest BCUT2D eigenvalue weighted by Crippen LogP contribution is 2.13. The van der Waals surface area contributed by atoms with Crippen molar-refractivity contribution in [2.75, 3.05) is 5.32 Å². The van der Waals surface area contributed by atoms with E-state index in [-0.39, 0.29) is 11.3 Å². The summed E-state index contributed by atoms with van der Waals surface area (Å²) in [5.41, 5.74) is 0.656. The number of nitrogens with zero attached hydrogens (tertiary/aromatic N) is 2. The average Bonchev–Trinajstić information content (AvgIpc) is 2.68. The van der Waals surface area contributed by atoms with Crippen LogP contribution in [0.3, 0.4) is 0 Å². The molecular weight excluding hydrogens is 230 g/mol. The van der Waals surface area contributed by atoms with Gasteiger partial charge < -0.3 is 5.32 Å². The number of carbonyl (C=O) groups excluding carboxylic acids is 1. The zero-order valence-electron chi connectivity index (χ0n) is 8.79. The Bertz CT molecular complexity index is 567. The quantitative estimate of drug-likeness (QED) is 0.781. The van der Waals surface area contributed by atoms with Crippen molar-refractivity contribution in [3.63, 3.8) is 0 Å². The molecule has 0 aliphatic carbocycles. The lowest BCUT2D eigenvalue weighted by Gasteiger charge is -2.04. The van der Waals surface area contributed by atoms with Gasteiger partial charge in [-0.2, -0.15) is 18.9 Å². The van der Waals surface area contributed by atoms with E-state index in [4.69, 9.17) is 0 Å². The first-order chi connectivity index (χ1) is 8.08. The van der Waals surface area contributed by atoms with Gasteiger partial charge in [-0.05, 0) is 19.1 Å². The zero-order chi connectivity index (χ0) is 12.4. The minimum Gasteiger partial charge on any atom is -0.318 e. The Morgan fingerprint density at radius 2 is 2.18 bits per heavy atom. The van der Waals surface area contributed by atoms with Crippen LogP contribution in [0.25, 0.3) is 0 Å². The van der Waals surface area contributed by atoms with Gasteiger partial charge in [0.15, 0.2) is 0 Å². The monoisotopic (exact) mass is 238 g/mol. The molecule has 0 aliphatic rings. The van der Waals surface area contributed by atoms with Crippen LogP contribution < -0.4 is 5.32 Å². The van der Waals surface area contributed by atoms with Gasteiger partial charge >= 0.3 is 0 Å². The van der Waals surface area contributed by atoms with E-state index in [2.05, 4.69) is 20.5 Å². The summed E-state index contributed by atoms with van der Waals surface area (Å²) < 4.78 is 25.7. The van der Waals surface area contributed by atoms with Crippen LogP contribution in [0.5, 0.6) is 0 Å². The van der Waals surface area contributed by atoms with E-state index in [9.17, 15) is 13.6 Å². The van der Waals surface area contributed by atoms with Gasteiger partial charge in [-0.1, -0.05) is 0 Å². The van der Waals surface area contributed by atoms with Crippen LogP contribution in [0.2, 0.25) is 0 Å². The molecule has 17 heavy (non-hydrogen) atoms. The highest BCUT2D eigenvalue weighted by molar-refractivity contribution is 6.04. The van der Waals surface area contributed by atoms with E-state index in [1.54, 1.807) is 6.92 Å². The number of aromatic nitrogens is 3. The van der Waals surface area contributed by atoms with Crippen molar-refractivity contribution >= 4 is 11.6 Å². The van der Waals surface area contributed by atoms with E-state index < -0.39 is 17.8 Å². The third kappa shape index (κ3) is 2.27. The van der Waals surface area contributed by atoms with Gasteiger partial charge in [0.1, 0.15) is 0 Å². The second kappa shape index (κ2) is 4.28. The maximum absolute atomic E-state index is 13.2. The molecule has 88 valence electrons. The molecule has 2 aromatic rings. The average molecular weight is 238 g/mol. The minimum atomic E-state index is -1.07. The molecular formula is C10H8F2N4O. The van der Waals surface area contributed by atoms with Crippen molar-refractivity contribution in [1.29, 1.82) is 0 Å². The number of rotatable bonds is 2. The second-order valence-electron chi connectivity index (χ2n) is 3.34. The number of halogens is 2. The Morgan fingerprint density at radius 3 is 2.76 bits per heavy atom. The Kier molecular flexibility index (Phi) is 2.82. The number of anilines is 1. The normalized spacial score (nSPS) is 10.3. The molecule has 0 atom stereocenters. The summed E-state index contributed by atoms with van der Waals surface area (Å²) in [6, 6.07) is 2.06. The third-order valence-corrected chi connectivity index (χ3v) is 2.14. The first-order valence-corrected chi connectivity index (χ1v) is 4.71. The summed E-state index contributed by atoms with van der Waals surface area (Å²) in [6.45, 7) is 1.65. The molecule has 2 heterocycles. The number of H-pyrrole nitrogens is 1. The van der Waals surface area contributed by atoms with Gasteiger partial charge in [-0.3, -0.25) is 9.89 Å². The molecule has 0 saturated carbocycles. The molecule has 2 rings (SSSR count). The SMILES string of the molecule is Cc1[nH]ncc1C(=O)Nc1ccc(F)nc1F. The third-order valence-electron chi connectivity index (χ3n) is 2.14. The molecule has 1 amide bonds. The molecule has 7 heteroatoms. The first kappa shape index (κ1) is 11.2. The van der Waals surface area contributed by atoms with Crippen molar-refractivity contribution < 1.29 is 13.6 Å². The van der Waals surface area contributed by atoms with Crippen molar-refractivity contribution in [2.24, 2.45) is 0 Å². The van der Waals surface area contributed by atoms with Crippen LogP contribution in [-0.4, -0.2) is 21.1 Å². The lowest BCUT2D eigenvalue weighted by molar-refractivity contribution is 0.102. The van der Waals surface area contributed by atoms with E-state index >= 15 is 0 Å². The largest absolute Gasteiger partial charge is 0.318 e. The maximum Gasteiger partial charge on any atom is 0.259 e. The number of amides is 1. The minimum absolute atomic E-state index is 0.183. The van der Waals surface area contributed by atoms with Crippen molar-refractivity contribution in [2.45, 2.75) is 6.92 Å². The van der Waals surface area contributed by atoms with Crippen LogP contribution >= 0.6 is 0 Å². The summed E-state index contributed by atoms with van der Waals surface area (Å²) in [5.74, 6) is -2.55. The lowest BCUT2D eigenvalue weighted by Crippen LogP contribution is -2.14. The molecule has 2 aromatic heterocycles. The summed E-state index contributed by atoms with van der Waals surface area (Å²) in [6.07, 6.45) is 1.32. The number of nitrogens with one attached hydrogen (secondary N) is 2. The summed E-state index contributed by atoms with van der Waals surface area (Å²) >= 11 is 0. The number of aromatic amines is 1. The van der Waals surface area contributed by atoms with Crippen molar-refractivity contribution in [1.82, 2.24) is 15.2 Å². The van der Waals surface area contributed by atoms with Crippen LogP contribution in [0.1, 0.15) is 16.1 Å². The highest BCUT2D eigenvalue weighted by atomic mass is 19.1. The lowest BCUT2D eigenvalue weighted by atomic mass is 10.2. The predicted molar refractivity (Wildman–Crippen MR) is 55.4 cm³/mol. The maximum atomic E-state index is 13.2. The summed E-state index contributed by atoms with van der Waals surface area (Å²) in [7, 11) is 0. The van der Waals surface area contributed by atoms with Crippen molar-refractivity contribution in [3.8, 4) is 0 Å². The molecule has 5 nitrogen and oxygen atoms in total. The summed E-state index contributed by atoms with van der Waals surface area (Å²) in [5, 5.41) is 8.52. The number of hydrogen-bond donors (Lipinski definition) is 2. The van der Waals surface area contributed by atoms with Crippen LogP contribution in [0, 0.1) is 18.8 Å². The molecule has 0 radical (unpaired) electrons. The van der Waals surface area contributed by atoms with Gasteiger partial charge in [0.2, 0.25) is 11.9 Å². The van der Waals surface area contributed by atoms with Gasteiger partial charge in [0.25, 0.3) is 5.91 Å². The van der Waals surface area contributed by atoms with E-state index in [0.717, 1.165) is 12.1 Å². The van der Waals surface area contributed by atoms with Crippen molar-refractivity contribution in [3.05, 3.63) is 41.5 Å². The fourth-order valence-electron chi connectivity index (χ4n) is 1.27. The van der Waals surface area contributed by atoms with Crippen LogP contribution in [-0.2, 0) is 0 Å². The second-order valence-corrected chi connectivity index (χ2v) is 3.34. The van der Waals surface area contributed by atoms with E-state index in [0.29, 0.717) is 5.69 Å². The molecule has 0 spiro atoms. The Balaban J connectivity index is 2.22. The zero-order valence-corrected chi connectivity index (χ0v) is 8.79. The fourth-order valence-corrected chi connectivity index (χ4v) is 1.27. The summed E-state index contributed by atoms with van der Waals surface area (Å²) in [4.78, 5) is 14.6.